The zero-order valence-corrected chi connectivity index (χ0v) is 13.8. The van der Waals surface area contributed by atoms with Crippen LogP contribution in [0.1, 0.15) is 71.6 Å². The van der Waals surface area contributed by atoms with Gasteiger partial charge in [-0.3, -0.25) is 0 Å². The number of carboxylic acid groups (broad SMARTS) is 1. The molecule has 0 heterocycles. The van der Waals surface area contributed by atoms with Crippen molar-refractivity contribution in [2.24, 2.45) is 0 Å². The lowest BCUT2D eigenvalue weighted by Crippen LogP contribution is -2.35. The van der Waals surface area contributed by atoms with Gasteiger partial charge in [0, 0.05) is 5.97 Å². The molecule has 0 fully saturated rings. The topological polar surface area (TPSA) is 40.1 Å². The van der Waals surface area contributed by atoms with Crippen molar-refractivity contribution in [2.75, 3.05) is 27.7 Å². The average Bonchev–Trinajstić information content (AvgIpc) is 2.32. The van der Waals surface area contributed by atoms with Crippen LogP contribution in [0.25, 0.3) is 0 Å². The summed E-state index contributed by atoms with van der Waals surface area (Å²) in [5.74, 6) is -0.995. The number of quaternary nitrogens is 1. The van der Waals surface area contributed by atoms with Crippen LogP contribution in [-0.2, 0) is 4.79 Å². The van der Waals surface area contributed by atoms with E-state index >= 15 is 0 Å². The molecule has 0 N–H and O–H groups in total. The van der Waals surface area contributed by atoms with E-state index in [1.807, 2.05) is 0 Å². The summed E-state index contributed by atoms with van der Waals surface area (Å²) in [6.45, 7) is 5.14. The van der Waals surface area contributed by atoms with Crippen LogP contribution in [-0.4, -0.2) is 38.1 Å². The van der Waals surface area contributed by atoms with Gasteiger partial charge in [-0.05, 0) is 19.3 Å². The second-order valence-corrected chi connectivity index (χ2v) is 6.21. The summed E-state index contributed by atoms with van der Waals surface area (Å²) in [4.78, 5) is 9.26. The summed E-state index contributed by atoms with van der Waals surface area (Å²) in [7, 11) is 6.84. The van der Waals surface area contributed by atoms with E-state index in [0.717, 1.165) is 4.48 Å². The van der Waals surface area contributed by atoms with E-state index in [9.17, 15) is 9.90 Å². The predicted molar refractivity (Wildman–Crippen MR) is 80.8 cm³/mol. The zero-order valence-electron chi connectivity index (χ0n) is 13.8. The predicted octanol–water partition coefficient (Wildman–Crippen LogP) is 2.98. The van der Waals surface area contributed by atoms with Gasteiger partial charge >= 0.3 is 0 Å². The molecule has 0 aromatic carbocycles. The molecule has 0 aliphatic heterocycles. The van der Waals surface area contributed by atoms with E-state index in [1.165, 1.54) is 64.8 Å². The van der Waals surface area contributed by atoms with Gasteiger partial charge in [0.05, 0.1) is 27.7 Å². The molecule has 0 aliphatic carbocycles. The average molecular weight is 273 g/mol. The molecule has 3 nitrogen and oxygen atoms in total. The van der Waals surface area contributed by atoms with Crippen molar-refractivity contribution in [1.82, 2.24) is 0 Å². The number of carboxylic acids is 1. The minimum absolute atomic E-state index is 0.111. The molecule has 0 atom stereocenters. The van der Waals surface area contributed by atoms with Crippen LogP contribution in [0.4, 0.5) is 0 Å². The Morgan fingerprint density at radius 2 is 1.21 bits per heavy atom. The third-order valence-electron chi connectivity index (χ3n) is 2.97. The molecule has 116 valence electrons. The molecule has 3 heteroatoms. The third-order valence-corrected chi connectivity index (χ3v) is 2.97. The maximum absolute atomic E-state index is 9.26. The van der Waals surface area contributed by atoms with Crippen molar-refractivity contribution in [3.63, 3.8) is 0 Å². The Morgan fingerprint density at radius 3 is 1.53 bits per heavy atom. The van der Waals surface area contributed by atoms with Gasteiger partial charge in [-0.2, -0.15) is 0 Å². The summed E-state index contributed by atoms with van der Waals surface area (Å²) in [6.07, 6.45) is 11.5. The molecule has 0 aromatic rings. The monoisotopic (exact) mass is 273 g/mol. The highest BCUT2D eigenvalue weighted by Gasteiger charge is 2.04. The minimum Gasteiger partial charge on any atom is -0.550 e. The van der Waals surface area contributed by atoms with E-state index < -0.39 is 5.97 Å². The maximum atomic E-state index is 9.26. The van der Waals surface area contributed by atoms with Gasteiger partial charge in [-0.25, -0.2) is 0 Å². The Hall–Kier alpha value is -0.570. The minimum atomic E-state index is -0.995. The number of carbonyl (C=O) groups excluding carboxylic acids is 1. The van der Waals surface area contributed by atoms with Gasteiger partial charge in [0.15, 0.2) is 0 Å². The first-order valence-corrected chi connectivity index (χ1v) is 7.83. The number of nitrogens with zero attached hydrogens (tertiary/aromatic N) is 1. The molecule has 0 amide bonds. The number of rotatable bonds is 10. The molecule has 0 saturated heterocycles. The maximum Gasteiger partial charge on any atom is 0.0780 e. The second-order valence-electron chi connectivity index (χ2n) is 6.21. The van der Waals surface area contributed by atoms with Crippen LogP contribution in [0.2, 0.25) is 0 Å². The first-order chi connectivity index (χ1) is 8.83. The standard InChI is InChI=1S/C13H30N.C3H6O2/c1-5-6-7-8-9-10-11-12-13-14(2,3)4;1-2-3(4)5/h5-13H2,1-4H3;2H2,1H3,(H,4,5)/q+1;/p-1. The SMILES string of the molecule is CCC(=O)[O-].CCCCCCCCCC[N+](C)(C)C. The first-order valence-electron chi connectivity index (χ1n) is 7.83. The number of aliphatic carboxylic acids is 1. The fourth-order valence-corrected chi connectivity index (χ4v) is 1.72. The van der Waals surface area contributed by atoms with Crippen molar-refractivity contribution in [1.29, 1.82) is 0 Å². The summed E-state index contributed by atoms with van der Waals surface area (Å²) in [5, 5.41) is 9.26. The molecule has 0 spiro atoms. The molecule has 0 saturated carbocycles. The normalized spacial score (nSPS) is 10.8. The van der Waals surface area contributed by atoms with Crippen LogP contribution in [0.15, 0.2) is 0 Å². The highest BCUT2D eigenvalue weighted by Crippen LogP contribution is 2.09. The highest BCUT2D eigenvalue weighted by molar-refractivity contribution is 5.63. The van der Waals surface area contributed by atoms with Gasteiger partial charge in [-0.15, -0.1) is 0 Å². The van der Waals surface area contributed by atoms with Crippen LogP contribution < -0.4 is 5.11 Å². The summed E-state index contributed by atoms with van der Waals surface area (Å²) in [5.41, 5.74) is 0. The van der Waals surface area contributed by atoms with Gasteiger partial charge < -0.3 is 14.4 Å². The highest BCUT2D eigenvalue weighted by atomic mass is 16.4. The van der Waals surface area contributed by atoms with Crippen molar-refractivity contribution in [2.45, 2.75) is 71.6 Å². The number of hydrogen-bond donors (Lipinski definition) is 0. The molecule has 0 radical (unpaired) electrons. The van der Waals surface area contributed by atoms with Crippen molar-refractivity contribution >= 4 is 5.97 Å². The van der Waals surface area contributed by atoms with E-state index in [2.05, 4.69) is 28.1 Å². The summed E-state index contributed by atoms with van der Waals surface area (Å²) < 4.78 is 1.12. The fourth-order valence-electron chi connectivity index (χ4n) is 1.72. The molecular weight excluding hydrogens is 238 g/mol. The Morgan fingerprint density at radius 1 is 0.842 bits per heavy atom. The number of carbonyl (C=O) groups is 1. The lowest BCUT2D eigenvalue weighted by atomic mass is 10.1. The Labute approximate surface area is 120 Å². The molecular formula is C16H35NO2. The van der Waals surface area contributed by atoms with Gasteiger partial charge in [-0.1, -0.05) is 52.4 Å². The van der Waals surface area contributed by atoms with E-state index in [-0.39, 0.29) is 6.42 Å². The largest absolute Gasteiger partial charge is 0.550 e. The van der Waals surface area contributed by atoms with Crippen LogP contribution in [0.3, 0.4) is 0 Å². The summed E-state index contributed by atoms with van der Waals surface area (Å²) in [6, 6.07) is 0. The molecule has 0 aliphatic rings. The van der Waals surface area contributed by atoms with Crippen molar-refractivity contribution in [3.05, 3.63) is 0 Å². The van der Waals surface area contributed by atoms with Crippen LogP contribution in [0.5, 0.6) is 0 Å². The molecule has 0 rings (SSSR count). The number of hydrogen-bond acceptors (Lipinski definition) is 2. The lowest BCUT2D eigenvalue weighted by Gasteiger charge is -2.23. The van der Waals surface area contributed by atoms with E-state index in [1.54, 1.807) is 0 Å². The van der Waals surface area contributed by atoms with E-state index in [0.29, 0.717) is 0 Å². The zero-order chi connectivity index (χ0) is 15.1. The third kappa shape index (κ3) is 26.9. The van der Waals surface area contributed by atoms with Gasteiger partial charge in [0.1, 0.15) is 0 Å². The Bertz CT molecular complexity index is 197. The molecule has 0 bridgehead atoms. The Kier molecular flexibility index (Phi) is 15.1. The van der Waals surface area contributed by atoms with E-state index in [4.69, 9.17) is 0 Å². The molecule has 19 heavy (non-hydrogen) atoms. The van der Waals surface area contributed by atoms with Crippen LogP contribution >= 0.6 is 0 Å². The smallest absolute Gasteiger partial charge is 0.0780 e. The first kappa shape index (κ1) is 20.7. The second kappa shape index (κ2) is 13.9. The Balaban J connectivity index is 0. The fraction of sp³-hybridized carbons (Fsp3) is 0.938. The quantitative estimate of drug-likeness (QED) is 0.453. The molecule has 0 unspecified atom stereocenters. The summed E-state index contributed by atoms with van der Waals surface area (Å²) >= 11 is 0. The lowest BCUT2D eigenvalue weighted by molar-refractivity contribution is -0.870. The van der Waals surface area contributed by atoms with Crippen molar-refractivity contribution < 1.29 is 14.4 Å². The van der Waals surface area contributed by atoms with Crippen LogP contribution in [0, 0.1) is 0 Å². The van der Waals surface area contributed by atoms with Gasteiger partial charge in [0.25, 0.3) is 0 Å². The van der Waals surface area contributed by atoms with Gasteiger partial charge in [0.2, 0.25) is 0 Å². The number of unbranched alkanes of at least 4 members (excludes halogenated alkanes) is 7. The molecule has 0 aromatic heterocycles. The van der Waals surface area contributed by atoms with Crippen molar-refractivity contribution in [3.8, 4) is 0 Å².